The third kappa shape index (κ3) is 2.24. The molecule has 0 N–H and O–H groups in total. The van der Waals surface area contributed by atoms with Gasteiger partial charge in [0.2, 0.25) is 0 Å². The summed E-state index contributed by atoms with van der Waals surface area (Å²) in [4.78, 5) is 11.8. The summed E-state index contributed by atoms with van der Waals surface area (Å²) in [5.41, 5.74) is 3.12. The standard InChI is InChI=1S/C16H22ClNO/c1-10-5-15(16(19)8-17)11(2)18(10)9-14-7-12-3-4-13(14)6-12/h5,12-14H,3-4,6-9H2,1-2H3. The van der Waals surface area contributed by atoms with Crippen LogP contribution in [-0.2, 0) is 6.54 Å². The summed E-state index contributed by atoms with van der Waals surface area (Å²) in [5.74, 6) is 2.86. The van der Waals surface area contributed by atoms with Crippen LogP contribution in [0.2, 0.25) is 0 Å². The number of halogens is 1. The third-order valence-electron chi connectivity index (χ3n) is 5.30. The lowest BCUT2D eigenvalue weighted by Gasteiger charge is -2.24. The number of hydrogen-bond acceptors (Lipinski definition) is 1. The molecule has 3 unspecified atom stereocenters. The van der Waals surface area contributed by atoms with E-state index < -0.39 is 0 Å². The second-order valence-corrected chi connectivity index (χ2v) is 6.65. The zero-order valence-electron chi connectivity index (χ0n) is 11.8. The first kappa shape index (κ1) is 13.2. The number of carbonyl (C=O) groups is 1. The predicted molar refractivity (Wildman–Crippen MR) is 77.9 cm³/mol. The molecule has 2 aliphatic rings. The van der Waals surface area contributed by atoms with Gasteiger partial charge in [0.15, 0.2) is 5.78 Å². The molecule has 0 saturated heterocycles. The fraction of sp³-hybridized carbons (Fsp3) is 0.688. The number of alkyl halides is 1. The second kappa shape index (κ2) is 4.97. The molecule has 2 aliphatic carbocycles. The molecule has 2 bridgehead atoms. The van der Waals surface area contributed by atoms with E-state index in [1.165, 1.54) is 31.4 Å². The van der Waals surface area contributed by atoms with Crippen LogP contribution in [0.1, 0.15) is 47.4 Å². The number of hydrogen-bond donors (Lipinski definition) is 0. The summed E-state index contributed by atoms with van der Waals surface area (Å²) in [6.07, 6.45) is 5.70. The van der Waals surface area contributed by atoms with E-state index in [1.807, 2.05) is 6.07 Å². The van der Waals surface area contributed by atoms with Gasteiger partial charge >= 0.3 is 0 Å². The minimum atomic E-state index is 0.0500. The van der Waals surface area contributed by atoms with Crippen LogP contribution in [-0.4, -0.2) is 16.2 Å². The minimum Gasteiger partial charge on any atom is -0.348 e. The number of aromatic nitrogens is 1. The Balaban J connectivity index is 1.81. The van der Waals surface area contributed by atoms with Gasteiger partial charge in [-0.2, -0.15) is 0 Å². The molecular weight excluding hydrogens is 258 g/mol. The SMILES string of the molecule is Cc1cc(C(=O)CCl)c(C)n1CC1CC2CCC1C2. The molecule has 3 rings (SSSR count). The fourth-order valence-electron chi connectivity index (χ4n) is 4.27. The first-order chi connectivity index (χ1) is 9.10. The number of ketones is 1. The molecule has 2 saturated carbocycles. The Morgan fingerprint density at radius 1 is 1.37 bits per heavy atom. The number of nitrogens with zero attached hydrogens (tertiary/aromatic N) is 1. The summed E-state index contributed by atoms with van der Waals surface area (Å²) in [7, 11) is 0. The maximum Gasteiger partial charge on any atom is 0.179 e. The summed E-state index contributed by atoms with van der Waals surface area (Å²) in [5, 5.41) is 0. The molecule has 1 heterocycles. The van der Waals surface area contributed by atoms with E-state index in [1.54, 1.807) is 0 Å². The molecule has 3 heteroatoms. The second-order valence-electron chi connectivity index (χ2n) is 6.39. The number of Topliss-reactive ketones (excluding diaryl/α,β-unsaturated/α-hetero) is 1. The average molecular weight is 280 g/mol. The molecule has 3 atom stereocenters. The van der Waals surface area contributed by atoms with Gasteiger partial charge in [-0.15, -0.1) is 11.6 Å². The van der Waals surface area contributed by atoms with Gasteiger partial charge in [-0.3, -0.25) is 4.79 Å². The van der Waals surface area contributed by atoms with Gasteiger partial charge in [0.05, 0.1) is 5.88 Å². The Morgan fingerprint density at radius 2 is 2.16 bits per heavy atom. The van der Waals surface area contributed by atoms with Crippen molar-refractivity contribution in [2.45, 2.75) is 46.1 Å². The van der Waals surface area contributed by atoms with Crippen LogP contribution in [0.25, 0.3) is 0 Å². The zero-order valence-corrected chi connectivity index (χ0v) is 12.5. The van der Waals surface area contributed by atoms with E-state index in [-0.39, 0.29) is 11.7 Å². The van der Waals surface area contributed by atoms with Crippen LogP contribution in [0.3, 0.4) is 0 Å². The quantitative estimate of drug-likeness (QED) is 0.604. The van der Waals surface area contributed by atoms with Gasteiger partial charge in [-0.05, 0) is 56.9 Å². The van der Waals surface area contributed by atoms with Crippen LogP contribution in [0, 0.1) is 31.6 Å². The lowest BCUT2D eigenvalue weighted by atomic mass is 9.88. The van der Waals surface area contributed by atoms with E-state index in [9.17, 15) is 4.79 Å². The summed E-state index contributed by atoms with van der Waals surface area (Å²) >= 11 is 5.68. The lowest BCUT2D eigenvalue weighted by molar-refractivity contribution is 0.102. The van der Waals surface area contributed by atoms with Crippen molar-refractivity contribution in [3.05, 3.63) is 23.0 Å². The van der Waals surface area contributed by atoms with Crippen molar-refractivity contribution in [2.24, 2.45) is 17.8 Å². The van der Waals surface area contributed by atoms with Crippen LogP contribution >= 0.6 is 11.6 Å². The van der Waals surface area contributed by atoms with Crippen molar-refractivity contribution in [1.29, 1.82) is 0 Å². The first-order valence-electron chi connectivity index (χ1n) is 7.36. The van der Waals surface area contributed by atoms with Crippen LogP contribution < -0.4 is 0 Å². The van der Waals surface area contributed by atoms with Crippen molar-refractivity contribution in [3.8, 4) is 0 Å². The van der Waals surface area contributed by atoms with Crippen LogP contribution in [0.15, 0.2) is 6.07 Å². The van der Waals surface area contributed by atoms with E-state index in [4.69, 9.17) is 11.6 Å². The van der Waals surface area contributed by atoms with E-state index in [0.717, 1.165) is 35.6 Å². The van der Waals surface area contributed by atoms with Crippen LogP contribution in [0.4, 0.5) is 0 Å². The smallest absolute Gasteiger partial charge is 0.179 e. The molecule has 2 nitrogen and oxygen atoms in total. The fourth-order valence-corrected chi connectivity index (χ4v) is 4.41. The molecular formula is C16H22ClNO. The zero-order chi connectivity index (χ0) is 13.6. The highest BCUT2D eigenvalue weighted by molar-refractivity contribution is 6.30. The first-order valence-corrected chi connectivity index (χ1v) is 7.89. The summed E-state index contributed by atoms with van der Waals surface area (Å²) in [6, 6.07) is 2.01. The van der Waals surface area contributed by atoms with Crippen LogP contribution in [0.5, 0.6) is 0 Å². The molecule has 0 spiro atoms. The Labute approximate surface area is 120 Å². The van der Waals surface area contributed by atoms with Crippen molar-refractivity contribution >= 4 is 17.4 Å². The van der Waals surface area contributed by atoms with Crippen molar-refractivity contribution in [3.63, 3.8) is 0 Å². The van der Waals surface area contributed by atoms with E-state index in [2.05, 4.69) is 18.4 Å². The Bertz CT molecular complexity index is 505. The largest absolute Gasteiger partial charge is 0.348 e. The average Bonchev–Trinajstić information content (AvgIpc) is 3.08. The Kier molecular flexibility index (Phi) is 3.46. The Morgan fingerprint density at radius 3 is 2.74 bits per heavy atom. The Hall–Kier alpha value is -0.760. The molecule has 0 aliphatic heterocycles. The monoisotopic (exact) mass is 279 g/mol. The van der Waals surface area contributed by atoms with Crippen molar-refractivity contribution in [1.82, 2.24) is 4.57 Å². The number of aryl methyl sites for hydroxylation is 1. The van der Waals surface area contributed by atoms with Gasteiger partial charge in [0, 0.05) is 23.5 Å². The maximum atomic E-state index is 11.8. The maximum absolute atomic E-state index is 11.8. The van der Waals surface area contributed by atoms with Crippen molar-refractivity contribution in [2.75, 3.05) is 5.88 Å². The highest BCUT2D eigenvalue weighted by atomic mass is 35.5. The normalized spacial score (nSPS) is 29.1. The lowest BCUT2D eigenvalue weighted by Crippen LogP contribution is -2.19. The molecule has 104 valence electrons. The van der Waals surface area contributed by atoms with Gasteiger partial charge in [0.1, 0.15) is 0 Å². The molecule has 19 heavy (non-hydrogen) atoms. The van der Waals surface area contributed by atoms with Gasteiger partial charge < -0.3 is 4.57 Å². The highest BCUT2D eigenvalue weighted by Crippen LogP contribution is 2.49. The van der Waals surface area contributed by atoms with Gasteiger partial charge in [-0.1, -0.05) is 6.42 Å². The number of carbonyl (C=O) groups excluding carboxylic acids is 1. The topological polar surface area (TPSA) is 22.0 Å². The molecule has 0 radical (unpaired) electrons. The number of fused-ring (bicyclic) bond motifs is 2. The van der Waals surface area contributed by atoms with E-state index in [0.29, 0.717) is 0 Å². The van der Waals surface area contributed by atoms with Gasteiger partial charge in [-0.25, -0.2) is 0 Å². The minimum absolute atomic E-state index is 0.0500. The van der Waals surface area contributed by atoms with Crippen molar-refractivity contribution < 1.29 is 4.79 Å². The third-order valence-corrected chi connectivity index (χ3v) is 5.54. The summed E-state index contributed by atoms with van der Waals surface area (Å²) in [6.45, 7) is 5.25. The molecule has 0 aromatic carbocycles. The van der Waals surface area contributed by atoms with Gasteiger partial charge in [0.25, 0.3) is 0 Å². The molecule has 0 amide bonds. The van der Waals surface area contributed by atoms with E-state index >= 15 is 0 Å². The highest BCUT2D eigenvalue weighted by Gasteiger charge is 2.39. The molecule has 1 aromatic rings. The molecule has 1 aromatic heterocycles. The number of rotatable bonds is 4. The predicted octanol–water partition coefficient (Wildman–Crippen LogP) is 3.96. The summed E-state index contributed by atoms with van der Waals surface area (Å²) < 4.78 is 2.34. The molecule has 2 fully saturated rings.